The minimum absolute atomic E-state index is 0.0712. The first-order valence-corrected chi connectivity index (χ1v) is 14.7. The van der Waals surface area contributed by atoms with Crippen LogP contribution in [0.3, 0.4) is 0 Å². The molecule has 0 aromatic rings. The molecule has 0 fully saturated rings. The maximum Gasteiger partial charge on any atom is 0.300 e. The third-order valence-corrected chi connectivity index (χ3v) is 7.27. The molecule has 0 aliphatic rings. The first-order valence-electron chi connectivity index (χ1n) is 13.3. The minimum atomic E-state index is -4.64. The van der Waals surface area contributed by atoms with E-state index in [2.05, 4.69) is 20.4 Å². The van der Waals surface area contributed by atoms with Gasteiger partial charge in [0.25, 0.3) is 10.1 Å². The number of hydrogen-bond donors (Lipinski definition) is 2. The molecule has 4 nitrogen and oxygen atoms in total. The summed E-state index contributed by atoms with van der Waals surface area (Å²) in [4.78, 5) is 0. The summed E-state index contributed by atoms with van der Waals surface area (Å²) in [5, 5.41) is -2.45. The van der Waals surface area contributed by atoms with Crippen LogP contribution in [0.1, 0.15) is 142 Å². The van der Waals surface area contributed by atoms with Crippen molar-refractivity contribution in [3.63, 3.8) is 0 Å². The first-order chi connectivity index (χ1) is 15.3. The number of unbranched alkanes of at least 4 members (excludes halogenated alkanes) is 16. The number of halogens is 1. The summed E-state index contributed by atoms with van der Waals surface area (Å²) in [6.45, 7) is 8.31. The van der Waals surface area contributed by atoms with Gasteiger partial charge in [-0.3, -0.25) is 4.55 Å². The van der Waals surface area contributed by atoms with Gasteiger partial charge in [0, 0.05) is 6.54 Å². The Hall–Kier alpha value is -0.460. The van der Waals surface area contributed by atoms with Gasteiger partial charge in [-0.2, -0.15) is 8.42 Å². The zero-order chi connectivity index (χ0) is 24.6. The van der Waals surface area contributed by atoms with Crippen molar-refractivity contribution < 1.29 is 17.4 Å². The fourth-order valence-electron chi connectivity index (χ4n) is 3.78. The second kappa shape index (κ2) is 23.7. The van der Waals surface area contributed by atoms with Crippen LogP contribution in [0.4, 0.5) is 4.39 Å². The lowest BCUT2D eigenvalue weighted by Crippen LogP contribution is -2.33. The lowest BCUT2D eigenvalue weighted by molar-refractivity contribution is 0.203. The lowest BCUT2D eigenvalue weighted by Gasteiger charge is -2.22. The molecule has 0 aromatic heterocycles. The monoisotopic (exact) mass is 479 g/mol. The van der Waals surface area contributed by atoms with Gasteiger partial charge in [0.05, 0.1) is 0 Å². The van der Waals surface area contributed by atoms with E-state index < -0.39 is 15.1 Å². The van der Waals surface area contributed by atoms with Crippen molar-refractivity contribution in [2.45, 2.75) is 147 Å². The van der Waals surface area contributed by atoms with Crippen LogP contribution in [0, 0.1) is 0 Å². The summed E-state index contributed by atoms with van der Waals surface area (Å²) in [5.74, 6) is 0. The molecule has 0 heterocycles. The smallest absolute Gasteiger partial charge is 0.300 e. The largest absolute Gasteiger partial charge is 0.327 e. The highest BCUT2D eigenvalue weighted by Crippen LogP contribution is 2.32. The third kappa shape index (κ3) is 21.4. The van der Waals surface area contributed by atoms with Crippen molar-refractivity contribution in [3.05, 3.63) is 12.7 Å². The Morgan fingerprint density at radius 1 is 0.719 bits per heavy atom. The van der Waals surface area contributed by atoms with Gasteiger partial charge in [0.1, 0.15) is 0 Å². The lowest BCUT2D eigenvalue weighted by atomic mass is 10.0. The van der Waals surface area contributed by atoms with E-state index in [9.17, 15) is 17.4 Å². The summed E-state index contributed by atoms with van der Waals surface area (Å²) >= 11 is 0. The van der Waals surface area contributed by atoms with Crippen LogP contribution >= 0.6 is 0 Å². The van der Waals surface area contributed by atoms with Crippen molar-refractivity contribution in [1.29, 1.82) is 0 Å². The van der Waals surface area contributed by atoms with Gasteiger partial charge in [0.2, 0.25) is 5.00 Å². The molecule has 0 bridgehead atoms. The molecule has 0 saturated heterocycles. The molecule has 0 radical (unpaired) electrons. The first kappa shape index (κ1) is 33.7. The van der Waals surface area contributed by atoms with Gasteiger partial charge >= 0.3 is 0 Å². The minimum Gasteiger partial charge on any atom is -0.327 e. The number of alkyl halides is 1. The van der Waals surface area contributed by atoms with E-state index in [-0.39, 0.29) is 12.8 Å². The Kier molecular flexibility index (Phi) is 25.0. The van der Waals surface area contributed by atoms with Crippen molar-refractivity contribution in [2.75, 3.05) is 6.54 Å². The summed E-state index contributed by atoms with van der Waals surface area (Å²) in [7, 11) is -4.64. The van der Waals surface area contributed by atoms with Crippen molar-refractivity contribution in [2.24, 2.45) is 5.73 Å². The molecule has 0 aromatic carbocycles. The highest BCUT2D eigenvalue weighted by Gasteiger charge is 2.42. The Labute approximate surface area is 199 Å². The van der Waals surface area contributed by atoms with E-state index in [0.717, 1.165) is 51.4 Å². The average molecular weight is 480 g/mol. The van der Waals surface area contributed by atoms with Gasteiger partial charge in [-0.25, -0.2) is 4.39 Å². The molecular formula is C26H54FNO3S. The zero-order valence-electron chi connectivity index (χ0n) is 21.3. The second-order valence-electron chi connectivity index (χ2n) is 9.04. The quantitative estimate of drug-likeness (QED) is 0.0926. The predicted molar refractivity (Wildman–Crippen MR) is 138 cm³/mol. The normalized spacial score (nSPS) is 13.3. The van der Waals surface area contributed by atoms with Crippen LogP contribution in [0.2, 0.25) is 0 Å². The molecule has 0 spiro atoms. The molecule has 0 aliphatic heterocycles. The molecule has 1 atom stereocenters. The summed E-state index contributed by atoms with van der Waals surface area (Å²) in [6, 6.07) is 0. The number of nitrogens with two attached hydrogens (primary N) is 1. The molecule has 3 N–H and O–H groups in total. The van der Waals surface area contributed by atoms with Crippen LogP contribution in [0.25, 0.3) is 0 Å². The van der Waals surface area contributed by atoms with Crippen LogP contribution in [-0.2, 0) is 10.1 Å². The average Bonchev–Trinajstić information content (AvgIpc) is 2.76. The molecule has 32 heavy (non-hydrogen) atoms. The van der Waals surface area contributed by atoms with Gasteiger partial charge < -0.3 is 5.73 Å². The van der Waals surface area contributed by atoms with Gasteiger partial charge in [-0.05, 0) is 25.7 Å². The highest BCUT2D eigenvalue weighted by molar-refractivity contribution is 7.87. The maximum atomic E-state index is 14.8. The Morgan fingerprint density at radius 2 is 0.969 bits per heavy atom. The van der Waals surface area contributed by atoms with Crippen LogP contribution in [0.5, 0.6) is 0 Å². The Balaban J connectivity index is 0. The van der Waals surface area contributed by atoms with Crippen molar-refractivity contribution in [1.82, 2.24) is 0 Å². The molecular weight excluding hydrogens is 425 g/mol. The standard InChI is InChI=1S/C23H47FO3S.C3H7N/c1-3-5-7-9-11-12-13-14-15-16-18-20-22-23(24,28(25,26)27)21-19-17-10-8-6-4-2;1-2-3-4/h3-22H2,1-2H3,(H,25,26,27);2H,1,3-4H2. The van der Waals surface area contributed by atoms with E-state index in [1.54, 1.807) is 6.08 Å². The number of rotatable bonds is 22. The second-order valence-corrected chi connectivity index (χ2v) is 10.7. The van der Waals surface area contributed by atoms with E-state index in [1.165, 1.54) is 51.4 Å². The van der Waals surface area contributed by atoms with E-state index >= 15 is 0 Å². The molecule has 0 amide bonds. The fourth-order valence-corrected chi connectivity index (χ4v) is 4.59. The molecule has 0 rings (SSSR count). The van der Waals surface area contributed by atoms with Crippen LogP contribution < -0.4 is 5.73 Å². The highest BCUT2D eigenvalue weighted by atomic mass is 32.2. The Bertz CT molecular complexity index is 499. The molecule has 0 aliphatic carbocycles. The molecule has 194 valence electrons. The van der Waals surface area contributed by atoms with Crippen molar-refractivity contribution in [3.8, 4) is 0 Å². The van der Waals surface area contributed by atoms with Gasteiger partial charge in [0.15, 0.2) is 0 Å². The third-order valence-electron chi connectivity index (χ3n) is 5.94. The van der Waals surface area contributed by atoms with Crippen LogP contribution in [0.15, 0.2) is 12.7 Å². The zero-order valence-corrected chi connectivity index (χ0v) is 22.1. The summed E-state index contributed by atoms with van der Waals surface area (Å²) in [6.07, 6.45) is 21.3. The topological polar surface area (TPSA) is 80.4 Å². The maximum absolute atomic E-state index is 14.8. The Morgan fingerprint density at radius 3 is 1.19 bits per heavy atom. The molecule has 6 heteroatoms. The SMILES string of the molecule is C=CCN.CCCCCCCCCCCCCCC(F)(CCCCCCCC)S(=O)(=O)O. The van der Waals surface area contributed by atoms with Crippen LogP contribution in [-0.4, -0.2) is 24.5 Å². The summed E-state index contributed by atoms with van der Waals surface area (Å²) < 4.78 is 47.3. The predicted octanol–water partition coefficient (Wildman–Crippen LogP) is 8.51. The van der Waals surface area contributed by atoms with E-state index in [4.69, 9.17) is 5.73 Å². The molecule has 1 unspecified atom stereocenters. The van der Waals surface area contributed by atoms with Crippen molar-refractivity contribution >= 4 is 10.1 Å². The fraction of sp³-hybridized carbons (Fsp3) is 0.923. The van der Waals surface area contributed by atoms with Gasteiger partial charge in [-0.15, -0.1) is 6.58 Å². The van der Waals surface area contributed by atoms with Gasteiger partial charge in [-0.1, -0.05) is 123 Å². The molecule has 0 saturated carbocycles. The number of hydrogen-bond acceptors (Lipinski definition) is 3. The van der Waals surface area contributed by atoms with E-state index in [0.29, 0.717) is 19.4 Å². The van der Waals surface area contributed by atoms with E-state index in [1.807, 2.05) is 0 Å². The summed E-state index contributed by atoms with van der Waals surface area (Å²) in [5.41, 5.74) is 4.91.